The minimum Gasteiger partial charge on any atom is -0.507 e. The van der Waals surface area contributed by atoms with Gasteiger partial charge in [0.15, 0.2) is 0 Å². The third kappa shape index (κ3) is 6.25. The van der Waals surface area contributed by atoms with Gasteiger partial charge in [0.05, 0.1) is 27.3 Å². The summed E-state index contributed by atoms with van der Waals surface area (Å²) >= 11 is 0. The first-order valence-corrected chi connectivity index (χ1v) is 10.7. The zero-order chi connectivity index (χ0) is 24.1. The summed E-state index contributed by atoms with van der Waals surface area (Å²) in [6, 6.07) is 7.23. The normalized spacial score (nSPS) is 12.6. The molecule has 0 heterocycles. The summed E-state index contributed by atoms with van der Waals surface area (Å²) in [4.78, 5) is 8.81. The molecule has 6 nitrogen and oxygen atoms in total. The largest absolute Gasteiger partial charge is 0.507 e. The number of aromatic hydroxyl groups is 2. The van der Waals surface area contributed by atoms with E-state index in [1.54, 1.807) is 38.8 Å². The van der Waals surface area contributed by atoms with E-state index in [2.05, 4.69) is 9.98 Å². The molecule has 2 aromatic rings. The molecular weight excluding hydrogens is 404 g/mol. The molecule has 0 fully saturated rings. The van der Waals surface area contributed by atoms with Gasteiger partial charge in [-0.05, 0) is 35.1 Å². The van der Waals surface area contributed by atoms with Crippen LogP contribution in [0.2, 0.25) is 0 Å². The third-order valence-electron chi connectivity index (χ3n) is 5.13. The Hall–Kier alpha value is -3.02. The molecule has 0 aliphatic carbocycles. The van der Waals surface area contributed by atoms with Gasteiger partial charge in [0.1, 0.15) is 23.0 Å². The highest BCUT2D eigenvalue weighted by atomic mass is 16.5. The Labute approximate surface area is 191 Å². The number of methoxy groups -OCH3 is 2. The Kier molecular flexibility index (Phi) is 7.94. The summed E-state index contributed by atoms with van der Waals surface area (Å²) in [5.41, 5.74) is 2.38. The maximum atomic E-state index is 10.7. The Morgan fingerprint density at radius 2 is 1.03 bits per heavy atom. The SMILES string of the molecule is COc1cc(C=NCCN=Cc2cc(OC)cc(C(C)(C)C)c2O)c(O)c(C(C)(C)C)c1. The van der Waals surface area contributed by atoms with Crippen LogP contribution in [0.15, 0.2) is 34.3 Å². The van der Waals surface area contributed by atoms with E-state index in [1.165, 1.54) is 0 Å². The number of phenols is 2. The van der Waals surface area contributed by atoms with E-state index in [4.69, 9.17) is 9.47 Å². The van der Waals surface area contributed by atoms with Crippen molar-refractivity contribution in [1.29, 1.82) is 0 Å². The molecule has 0 amide bonds. The molecule has 0 radical (unpaired) electrons. The number of hydrogen-bond donors (Lipinski definition) is 2. The van der Waals surface area contributed by atoms with Crippen molar-refractivity contribution in [2.45, 2.75) is 52.4 Å². The van der Waals surface area contributed by atoms with E-state index in [-0.39, 0.29) is 22.3 Å². The molecule has 0 bridgehead atoms. The molecule has 32 heavy (non-hydrogen) atoms. The number of rotatable bonds is 7. The van der Waals surface area contributed by atoms with Gasteiger partial charge in [0.25, 0.3) is 0 Å². The Bertz CT molecular complexity index is 915. The standard InChI is InChI=1S/C26H36N2O4/c1-25(2,3)21-13-19(31-7)11-17(23(21)29)15-27-9-10-28-16-18-12-20(32-8)14-22(24(18)30)26(4,5)6/h11-16,29-30H,9-10H2,1-8H3. The van der Waals surface area contributed by atoms with Gasteiger partial charge in [-0.2, -0.15) is 0 Å². The third-order valence-corrected chi connectivity index (χ3v) is 5.13. The van der Waals surface area contributed by atoms with Gasteiger partial charge in [-0.15, -0.1) is 0 Å². The smallest absolute Gasteiger partial charge is 0.128 e. The number of nitrogens with zero attached hydrogens (tertiary/aromatic N) is 2. The molecule has 174 valence electrons. The molecular formula is C26H36N2O4. The number of phenolic OH excluding ortho intramolecular Hbond substituents is 2. The topological polar surface area (TPSA) is 83.6 Å². The van der Waals surface area contributed by atoms with Gasteiger partial charge in [0.2, 0.25) is 0 Å². The number of hydrogen-bond acceptors (Lipinski definition) is 6. The van der Waals surface area contributed by atoms with Crippen molar-refractivity contribution in [1.82, 2.24) is 0 Å². The molecule has 0 saturated heterocycles. The zero-order valence-corrected chi connectivity index (χ0v) is 20.5. The number of benzene rings is 2. The molecule has 0 atom stereocenters. The predicted molar refractivity (Wildman–Crippen MR) is 132 cm³/mol. The molecule has 0 aliphatic heterocycles. The second-order valence-electron chi connectivity index (χ2n) is 9.80. The van der Waals surface area contributed by atoms with E-state index in [0.717, 1.165) is 11.1 Å². The van der Waals surface area contributed by atoms with Crippen molar-refractivity contribution in [3.8, 4) is 23.0 Å². The maximum Gasteiger partial charge on any atom is 0.128 e. The van der Waals surface area contributed by atoms with Crippen molar-refractivity contribution in [3.63, 3.8) is 0 Å². The predicted octanol–water partition coefficient (Wildman–Crippen LogP) is 5.25. The highest BCUT2D eigenvalue weighted by molar-refractivity contribution is 5.86. The molecule has 2 aromatic carbocycles. The van der Waals surface area contributed by atoms with Crippen LogP contribution in [0.4, 0.5) is 0 Å². The number of ether oxygens (including phenoxy) is 2. The lowest BCUT2D eigenvalue weighted by Crippen LogP contribution is -2.12. The summed E-state index contributed by atoms with van der Waals surface area (Å²) < 4.78 is 10.7. The highest BCUT2D eigenvalue weighted by Gasteiger charge is 2.22. The lowest BCUT2D eigenvalue weighted by molar-refractivity contribution is 0.405. The van der Waals surface area contributed by atoms with Crippen LogP contribution < -0.4 is 9.47 Å². The van der Waals surface area contributed by atoms with E-state index < -0.39 is 0 Å². The number of aliphatic imine (C=N–C) groups is 2. The van der Waals surface area contributed by atoms with Crippen molar-refractivity contribution in [3.05, 3.63) is 46.5 Å². The van der Waals surface area contributed by atoms with Crippen molar-refractivity contribution in [2.75, 3.05) is 27.3 Å². The van der Waals surface area contributed by atoms with Gasteiger partial charge in [-0.1, -0.05) is 41.5 Å². The van der Waals surface area contributed by atoms with Crippen LogP contribution in [-0.4, -0.2) is 50.0 Å². The lowest BCUT2D eigenvalue weighted by atomic mass is 9.85. The molecule has 2 rings (SSSR count). The summed E-state index contributed by atoms with van der Waals surface area (Å²) in [6.07, 6.45) is 3.28. The van der Waals surface area contributed by atoms with Crippen LogP contribution in [0, 0.1) is 0 Å². The van der Waals surface area contributed by atoms with Gasteiger partial charge < -0.3 is 19.7 Å². The fourth-order valence-corrected chi connectivity index (χ4v) is 3.28. The molecule has 6 heteroatoms. The van der Waals surface area contributed by atoms with Gasteiger partial charge in [-0.25, -0.2) is 0 Å². The summed E-state index contributed by atoms with van der Waals surface area (Å²) in [5, 5.41) is 21.3. The first-order chi connectivity index (χ1) is 14.9. The van der Waals surface area contributed by atoms with E-state index in [1.807, 2.05) is 53.7 Å². The Morgan fingerprint density at radius 3 is 1.31 bits per heavy atom. The second-order valence-corrected chi connectivity index (χ2v) is 9.80. The van der Waals surface area contributed by atoms with Crippen LogP contribution >= 0.6 is 0 Å². The highest BCUT2D eigenvalue weighted by Crippen LogP contribution is 2.37. The molecule has 0 saturated carbocycles. The molecule has 2 N–H and O–H groups in total. The maximum absolute atomic E-state index is 10.7. The van der Waals surface area contributed by atoms with Crippen LogP contribution in [0.25, 0.3) is 0 Å². The fraction of sp³-hybridized carbons (Fsp3) is 0.462. The molecule has 0 spiro atoms. The van der Waals surface area contributed by atoms with Crippen LogP contribution in [0.3, 0.4) is 0 Å². The monoisotopic (exact) mass is 440 g/mol. The van der Waals surface area contributed by atoms with Crippen molar-refractivity contribution >= 4 is 12.4 Å². The second kappa shape index (κ2) is 10.1. The zero-order valence-electron chi connectivity index (χ0n) is 20.5. The van der Waals surface area contributed by atoms with E-state index >= 15 is 0 Å². The average molecular weight is 441 g/mol. The van der Waals surface area contributed by atoms with Gasteiger partial charge in [-0.3, -0.25) is 9.98 Å². The van der Waals surface area contributed by atoms with E-state index in [9.17, 15) is 10.2 Å². The first-order valence-electron chi connectivity index (χ1n) is 10.7. The molecule has 0 aromatic heterocycles. The van der Waals surface area contributed by atoms with E-state index in [0.29, 0.717) is 35.7 Å². The quantitative estimate of drug-likeness (QED) is 0.455. The summed E-state index contributed by atoms with van der Waals surface area (Å²) in [6.45, 7) is 13.1. The minimum atomic E-state index is -0.226. The van der Waals surface area contributed by atoms with Gasteiger partial charge >= 0.3 is 0 Å². The fourth-order valence-electron chi connectivity index (χ4n) is 3.28. The van der Waals surface area contributed by atoms with Crippen molar-refractivity contribution in [2.24, 2.45) is 9.98 Å². The van der Waals surface area contributed by atoms with Crippen LogP contribution in [0.5, 0.6) is 23.0 Å². The molecule has 0 aliphatic rings. The van der Waals surface area contributed by atoms with Crippen molar-refractivity contribution < 1.29 is 19.7 Å². The summed E-state index contributed by atoms with van der Waals surface area (Å²) in [7, 11) is 3.21. The van der Waals surface area contributed by atoms with Crippen LogP contribution in [0.1, 0.15) is 63.8 Å². The Balaban J connectivity index is 2.15. The summed E-state index contributed by atoms with van der Waals surface area (Å²) in [5.74, 6) is 1.77. The average Bonchev–Trinajstić information content (AvgIpc) is 2.70. The molecule has 0 unspecified atom stereocenters. The Morgan fingerprint density at radius 1 is 0.688 bits per heavy atom. The minimum absolute atomic E-state index is 0.210. The van der Waals surface area contributed by atoms with Gasteiger partial charge in [0, 0.05) is 34.7 Å². The van der Waals surface area contributed by atoms with Crippen LogP contribution in [-0.2, 0) is 10.8 Å². The lowest BCUT2D eigenvalue weighted by Gasteiger charge is -2.22. The first kappa shape index (κ1) is 25.2.